The van der Waals surface area contributed by atoms with Gasteiger partial charge in [-0.1, -0.05) is 11.8 Å². The molecule has 0 fully saturated rings. The van der Waals surface area contributed by atoms with Gasteiger partial charge >= 0.3 is 0 Å². The first-order valence-corrected chi connectivity index (χ1v) is 5.11. The Balaban J connectivity index is 2.67. The smallest absolute Gasteiger partial charge is 0.216 e. The number of carbonyl (C=O) groups excluding carboxylic acids is 2. The van der Waals surface area contributed by atoms with E-state index in [4.69, 9.17) is 0 Å². The number of hydrogen-bond acceptors (Lipinski definition) is 2. The summed E-state index contributed by atoms with van der Waals surface area (Å²) in [5, 5.41) is 2.59. The van der Waals surface area contributed by atoms with Crippen molar-refractivity contribution in [3.8, 4) is 11.8 Å². The summed E-state index contributed by atoms with van der Waals surface area (Å²) in [7, 11) is 0. The number of hydrogen-bond donors (Lipinski definition) is 1. The number of amides is 1. The van der Waals surface area contributed by atoms with Crippen LogP contribution >= 0.6 is 0 Å². The van der Waals surface area contributed by atoms with E-state index in [1.165, 1.54) is 25.1 Å². The number of aldehydes is 1. The molecule has 1 aromatic rings. The Morgan fingerprint density at radius 2 is 2.29 bits per heavy atom. The van der Waals surface area contributed by atoms with E-state index in [-0.39, 0.29) is 5.91 Å². The average molecular weight is 233 g/mol. The molecule has 0 aliphatic heterocycles. The Morgan fingerprint density at radius 3 is 2.94 bits per heavy atom. The van der Waals surface area contributed by atoms with Gasteiger partial charge in [0.2, 0.25) is 5.91 Å². The van der Waals surface area contributed by atoms with Gasteiger partial charge in [0, 0.05) is 31.0 Å². The minimum atomic E-state index is -0.429. The van der Waals surface area contributed by atoms with Crippen molar-refractivity contribution in [2.24, 2.45) is 0 Å². The third-order valence-electron chi connectivity index (χ3n) is 1.99. The Labute approximate surface area is 99.0 Å². The van der Waals surface area contributed by atoms with Crippen molar-refractivity contribution in [1.82, 2.24) is 5.32 Å². The first kappa shape index (κ1) is 12.9. The van der Waals surface area contributed by atoms with Gasteiger partial charge in [0.05, 0.1) is 0 Å². The van der Waals surface area contributed by atoms with Crippen LogP contribution in [0.2, 0.25) is 0 Å². The molecule has 3 nitrogen and oxygen atoms in total. The summed E-state index contributed by atoms with van der Waals surface area (Å²) < 4.78 is 12.9. The predicted octanol–water partition coefficient (Wildman–Crippen LogP) is 1.52. The van der Waals surface area contributed by atoms with Crippen LogP contribution in [0.1, 0.15) is 29.3 Å². The van der Waals surface area contributed by atoms with Gasteiger partial charge in [0.15, 0.2) is 6.29 Å². The van der Waals surface area contributed by atoms with Gasteiger partial charge in [-0.2, -0.15) is 0 Å². The molecule has 1 aromatic carbocycles. The fourth-order valence-electron chi connectivity index (χ4n) is 1.20. The molecule has 1 amide bonds. The van der Waals surface area contributed by atoms with Crippen molar-refractivity contribution in [2.75, 3.05) is 6.54 Å². The van der Waals surface area contributed by atoms with E-state index < -0.39 is 5.82 Å². The monoisotopic (exact) mass is 233 g/mol. The molecule has 1 rings (SSSR count). The van der Waals surface area contributed by atoms with Crippen LogP contribution in [0.15, 0.2) is 18.2 Å². The van der Waals surface area contributed by atoms with Crippen LogP contribution < -0.4 is 5.32 Å². The van der Waals surface area contributed by atoms with Crippen LogP contribution in [-0.2, 0) is 4.79 Å². The van der Waals surface area contributed by atoms with Gasteiger partial charge in [0.1, 0.15) is 5.82 Å². The second-order valence-electron chi connectivity index (χ2n) is 3.38. The second kappa shape index (κ2) is 6.44. The van der Waals surface area contributed by atoms with Gasteiger partial charge in [-0.15, -0.1) is 0 Å². The standard InChI is InChI=1S/C13H12FNO2/c1-10(17)15-7-3-2-4-11-8-13(14)6-5-12(11)9-16/h5-6,8-9H,3,7H2,1H3,(H,15,17). The van der Waals surface area contributed by atoms with Crippen molar-refractivity contribution in [1.29, 1.82) is 0 Å². The molecule has 4 heteroatoms. The molecule has 0 spiro atoms. The zero-order valence-corrected chi connectivity index (χ0v) is 9.42. The summed E-state index contributed by atoms with van der Waals surface area (Å²) in [6, 6.07) is 3.82. The van der Waals surface area contributed by atoms with E-state index in [2.05, 4.69) is 17.2 Å². The summed E-state index contributed by atoms with van der Waals surface area (Å²) in [4.78, 5) is 21.2. The highest BCUT2D eigenvalue weighted by Crippen LogP contribution is 2.07. The molecular weight excluding hydrogens is 221 g/mol. The number of halogens is 1. The lowest BCUT2D eigenvalue weighted by molar-refractivity contribution is -0.118. The minimum Gasteiger partial charge on any atom is -0.355 e. The van der Waals surface area contributed by atoms with E-state index in [9.17, 15) is 14.0 Å². The third kappa shape index (κ3) is 4.47. The SMILES string of the molecule is CC(=O)NCCC#Cc1cc(F)ccc1C=O. The zero-order chi connectivity index (χ0) is 12.7. The van der Waals surface area contributed by atoms with Gasteiger partial charge in [-0.05, 0) is 18.2 Å². The van der Waals surface area contributed by atoms with E-state index in [0.717, 1.165) is 0 Å². The largest absolute Gasteiger partial charge is 0.355 e. The molecule has 0 saturated heterocycles. The lowest BCUT2D eigenvalue weighted by Gasteiger charge is -1.97. The topological polar surface area (TPSA) is 46.2 Å². The van der Waals surface area contributed by atoms with Crippen molar-refractivity contribution in [3.63, 3.8) is 0 Å². The van der Waals surface area contributed by atoms with E-state index in [1.807, 2.05) is 0 Å². The molecule has 0 radical (unpaired) electrons. The number of carbonyl (C=O) groups is 2. The van der Waals surface area contributed by atoms with E-state index in [1.54, 1.807) is 0 Å². The fourth-order valence-corrected chi connectivity index (χ4v) is 1.20. The summed E-state index contributed by atoms with van der Waals surface area (Å²) in [5.74, 6) is 4.93. The van der Waals surface area contributed by atoms with Crippen LogP contribution in [0.5, 0.6) is 0 Å². The minimum absolute atomic E-state index is 0.119. The van der Waals surface area contributed by atoms with Crippen LogP contribution in [0.3, 0.4) is 0 Å². The van der Waals surface area contributed by atoms with E-state index in [0.29, 0.717) is 30.4 Å². The molecule has 1 N–H and O–H groups in total. The van der Waals surface area contributed by atoms with E-state index >= 15 is 0 Å². The second-order valence-corrected chi connectivity index (χ2v) is 3.38. The molecule has 0 unspecified atom stereocenters. The fraction of sp³-hybridized carbons (Fsp3) is 0.231. The summed E-state index contributed by atoms with van der Waals surface area (Å²) in [5.41, 5.74) is 0.723. The van der Waals surface area contributed by atoms with Crippen LogP contribution in [0.25, 0.3) is 0 Å². The molecule has 0 aromatic heterocycles. The molecular formula is C13H12FNO2. The number of nitrogens with one attached hydrogen (secondary N) is 1. The van der Waals surface area contributed by atoms with Crippen molar-refractivity contribution >= 4 is 12.2 Å². The highest BCUT2D eigenvalue weighted by Gasteiger charge is 1.99. The molecule has 0 saturated carbocycles. The molecule has 0 bridgehead atoms. The molecule has 0 heterocycles. The van der Waals surface area contributed by atoms with Gasteiger partial charge in [-0.25, -0.2) is 4.39 Å². The normalized spacial score (nSPS) is 9.06. The zero-order valence-electron chi connectivity index (χ0n) is 9.42. The van der Waals surface area contributed by atoms with Gasteiger partial charge < -0.3 is 5.32 Å². The first-order chi connectivity index (χ1) is 8.13. The third-order valence-corrected chi connectivity index (χ3v) is 1.99. The highest BCUT2D eigenvalue weighted by molar-refractivity contribution is 5.79. The summed E-state index contributed by atoms with van der Waals surface area (Å²) in [6.07, 6.45) is 1.09. The van der Waals surface area contributed by atoms with Gasteiger partial charge in [0.25, 0.3) is 0 Å². The Bertz CT molecular complexity index is 486. The molecule has 0 aliphatic carbocycles. The van der Waals surface area contributed by atoms with Crippen LogP contribution in [0, 0.1) is 17.7 Å². The maximum absolute atomic E-state index is 12.9. The molecule has 0 aliphatic rings. The van der Waals surface area contributed by atoms with Gasteiger partial charge in [-0.3, -0.25) is 9.59 Å². The molecule has 17 heavy (non-hydrogen) atoms. The lowest BCUT2D eigenvalue weighted by atomic mass is 10.1. The quantitative estimate of drug-likeness (QED) is 0.488. The Morgan fingerprint density at radius 1 is 1.53 bits per heavy atom. The maximum atomic E-state index is 12.9. The van der Waals surface area contributed by atoms with Crippen LogP contribution in [0.4, 0.5) is 4.39 Å². The molecule has 0 atom stereocenters. The molecule has 88 valence electrons. The number of benzene rings is 1. The average Bonchev–Trinajstić information content (AvgIpc) is 2.28. The first-order valence-electron chi connectivity index (χ1n) is 5.11. The summed E-state index contributed by atoms with van der Waals surface area (Å²) in [6.45, 7) is 1.86. The van der Waals surface area contributed by atoms with Crippen molar-refractivity contribution in [2.45, 2.75) is 13.3 Å². The predicted molar refractivity (Wildman–Crippen MR) is 62.0 cm³/mol. The van der Waals surface area contributed by atoms with Crippen molar-refractivity contribution < 1.29 is 14.0 Å². The summed E-state index contributed by atoms with van der Waals surface area (Å²) >= 11 is 0. The highest BCUT2D eigenvalue weighted by atomic mass is 19.1. The Hall–Kier alpha value is -2.15. The van der Waals surface area contributed by atoms with Crippen molar-refractivity contribution in [3.05, 3.63) is 35.1 Å². The maximum Gasteiger partial charge on any atom is 0.216 e. The van der Waals surface area contributed by atoms with Crippen LogP contribution in [-0.4, -0.2) is 18.7 Å². The lowest BCUT2D eigenvalue weighted by Crippen LogP contribution is -2.20. The number of rotatable bonds is 3. The Kier molecular flexibility index (Phi) is 4.89.